The Morgan fingerprint density at radius 2 is 2.04 bits per heavy atom. The molecular weight excluding hydrogens is 330 g/mol. The Morgan fingerprint density at radius 1 is 1.31 bits per heavy atom. The lowest BCUT2D eigenvalue weighted by molar-refractivity contribution is -0.148. The maximum Gasteiger partial charge on any atom is 0.290 e. The molecule has 26 heavy (non-hydrogen) atoms. The number of rotatable bonds is 1. The third-order valence-electron chi connectivity index (χ3n) is 5.85. The number of nitrogens with two attached hydrogens (primary N) is 1. The molecule has 3 heterocycles. The molecular formula is C19H25N5O2. The number of carbonyl (C=O) groups is 2. The topological polar surface area (TPSA) is 95.3 Å². The Kier molecular flexibility index (Phi) is 3.80. The lowest BCUT2D eigenvalue weighted by Crippen LogP contribution is -2.68. The highest BCUT2D eigenvalue weighted by molar-refractivity contribution is 5.94. The van der Waals surface area contributed by atoms with E-state index in [-0.39, 0.29) is 29.3 Å². The minimum atomic E-state index is -0.483. The van der Waals surface area contributed by atoms with Gasteiger partial charge < -0.3 is 20.5 Å². The van der Waals surface area contributed by atoms with Gasteiger partial charge in [0.05, 0.1) is 23.1 Å². The summed E-state index contributed by atoms with van der Waals surface area (Å²) in [6.45, 7) is 7.04. The molecule has 2 fully saturated rings. The molecule has 1 aromatic carbocycles. The van der Waals surface area contributed by atoms with Crippen LogP contribution in [0.25, 0.3) is 11.0 Å². The largest absolute Gasteiger partial charge is 0.334 e. The second-order valence-corrected chi connectivity index (χ2v) is 8.22. The van der Waals surface area contributed by atoms with E-state index in [0.29, 0.717) is 18.9 Å². The number of benzene rings is 1. The van der Waals surface area contributed by atoms with Gasteiger partial charge in [0, 0.05) is 19.1 Å². The molecule has 4 rings (SSSR count). The number of carbonyl (C=O) groups excluding carboxylic acids is 2. The highest BCUT2D eigenvalue weighted by atomic mass is 16.2. The second kappa shape index (κ2) is 5.81. The van der Waals surface area contributed by atoms with E-state index >= 15 is 0 Å². The molecule has 3 atom stereocenters. The van der Waals surface area contributed by atoms with Gasteiger partial charge in [-0.2, -0.15) is 0 Å². The van der Waals surface area contributed by atoms with Crippen LogP contribution in [0.4, 0.5) is 0 Å². The number of nitrogens with zero attached hydrogens (tertiary/aromatic N) is 3. The average molecular weight is 355 g/mol. The summed E-state index contributed by atoms with van der Waals surface area (Å²) in [6, 6.07) is 7.04. The molecule has 2 aromatic rings. The maximum atomic E-state index is 13.1. The summed E-state index contributed by atoms with van der Waals surface area (Å²) >= 11 is 0. The minimum absolute atomic E-state index is 0.00169. The summed E-state index contributed by atoms with van der Waals surface area (Å²) in [4.78, 5) is 37.0. The fourth-order valence-corrected chi connectivity index (χ4v) is 4.20. The van der Waals surface area contributed by atoms with Gasteiger partial charge in [-0.1, -0.05) is 26.0 Å². The molecule has 3 unspecified atom stereocenters. The van der Waals surface area contributed by atoms with Crippen LogP contribution >= 0.6 is 0 Å². The summed E-state index contributed by atoms with van der Waals surface area (Å²) in [5.74, 6) is 0.229. The van der Waals surface area contributed by atoms with E-state index in [1.807, 2.05) is 54.8 Å². The van der Waals surface area contributed by atoms with Crippen LogP contribution in [0.3, 0.4) is 0 Å². The Hall–Kier alpha value is -2.41. The molecule has 2 saturated heterocycles. The molecule has 2 aliphatic heterocycles. The van der Waals surface area contributed by atoms with Crippen LogP contribution in [0.2, 0.25) is 0 Å². The Labute approximate surface area is 152 Å². The van der Waals surface area contributed by atoms with Gasteiger partial charge in [-0.3, -0.25) is 9.59 Å². The van der Waals surface area contributed by atoms with E-state index in [2.05, 4.69) is 9.97 Å². The molecule has 3 N–H and O–H groups in total. The first-order valence-corrected chi connectivity index (χ1v) is 9.10. The fourth-order valence-electron chi connectivity index (χ4n) is 4.20. The van der Waals surface area contributed by atoms with E-state index in [9.17, 15) is 9.59 Å². The van der Waals surface area contributed by atoms with Gasteiger partial charge in [0.15, 0.2) is 5.82 Å². The first-order valence-electron chi connectivity index (χ1n) is 9.10. The SMILES string of the molecule is CC1CN2C(=O)C(N)C(C)(C)CC2CN1C(=O)c1nc2ccccc2[nH]1. The molecule has 1 aromatic heterocycles. The third-order valence-corrected chi connectivity index (χ3v) is 5.85. The molecule has 0 aliphatic carbocycles. The van der Waals surface area contributed by atoms with Crippen LogP contribution in [-0.4, -0.2) is 62.8 Å². The van der Waals surface area contributed by atoms with Crippen molar-refractivity contribution in [3.8, 4) is 0 Å². The molecule has 0 saturated carbocycles. The third kappa shape index (κ3) is 2.58. The Balaban J connectivity index is 1.60. The highest BCUT2D eigenvalue weighted by Gasteiger charge is 2.48. The summed E-state index contributed by atoms with van der Waals surface area (Å²) in [6.07, 6.45) is 0.788. The van der Waals surface area contributed by atoms with Gasteiger partial charge in [0.1, 0.15) is 0 Å². The van der Waals surface area contributed by atoms with Gasteiger partial charge in [0.2, 0.25) is 5.91 Å². The monoisotopic (exact) mass is 355 g/mol. The van der Waals surface area contributed by atoms with Gasteiger partial charge in [-0.15, -0.1) is 0 Å². The molecule has 7 heteroatoms. The lowest BCUT2D eigenvalue weighted by Gasteiger charge is -2.52. The fraction of sp³-hybridized carbons (Fsp3) is 0.526. The molecule has 7 nitrogen and oxygen atoms in total. The van der Waals surface area contributed by atoms with Crippen LogP contribution in [0, 0.1) is 5.41 Å². The van der Waals surface area contributed by atoms with Gasteiger partial charge in [0.25, 0.3) is 5.91 Å². The zero-order chi connectivity index (χ0) is 18.6. The number of para-hydroxylation sites is 2. The number of piperidine rings is 1. The lowest BCUT2D eigenvalue weighted by atomic mass is 9.74. The van der Waals surface area contributed by atoms with Crippen molar-refractivity contribution in [2.45, 2.75) is 45.3 Å². The highest BCUT2D eigenvalue weighted by Crippen LogP contribution is 2.36. The molecule has 2 amide bonds. The molecule has 2 aliphatic rings. The van der Waals surface area contributed by atoms with Crippen molar-refractivity contribution in [2.75, 3.05) is 13.1 Å². The Bertz CT molecular complexity index is 841. The number of hydrogen-bond donors (Lipinski definition) is 2. The number of H-pyrrole nitrogens is 1. The molecule has 0 radical (unpaired) electrons. The summed E-state index contributed by atoms with van der Waals surface area (Å²) < 4.78 is 0. The molecule has 138 valence electrons. The summed E-state index contributed by atoms with van der Waals surface area (Å²) in [5.41, 5.74) is 7.51. The molecule has 0 spiro atoms. The first-order chi connectivity index (χ1) is 12.3. The van der Waals surface area contributed by atoms with Crippen LogP contribution in [0.1, 0.15) is 37.8 Å². The van der Waals surface area contributed by atoms with Gasteiger partial charge >= 0.3 is 0 Å². The minimum Gasteiger partial charge on any atom is -0.334 e. The number of aromatic nitrogens is 2. The van der Waals surface area contributed by atoms with Gasteiger partial charge in [-0.05, 0) is 30.9 Å². The van der Waals surface area contributed by atoms with Crippen molar-refractivity contribution in [3.05, 3.63) is 30.1 Å². The maximum absolute atomic E-state index is 13.1. The predicted molar refractivity (Wildman–Crippen MR) is 98.5 cm³/mol. The second-order valence-electron chi connectivity index (χ2n) is 8.22. The van der Waals surface area contributed by atoms with E-state index in [1.54, 1.807) is 0 Å². The van der Waals surface area contributed by atoms with Gasteiger partial charge in [-0.25, -0.2) is 4.98 Å². The van der Waals surface area contributed by atoms with Crippen LogP contribution < -0.4 is 5.73 Å². The number of imidazole rings is 1. The zero-order valence-corrected chi connectivity index (χ0v) is 15.4. The predicted octanol–water partition coefficient (Wildman–Crippen LogP) is 1.36. The van der Waals surface area contributed by atoms with Crippen LogP contribution in [0.5, 0.6) is 0 Å². The first kappa shape index (κ1) is 17.0. The van der Waals surface area contributed by atoms with Crippen molar-refractivity contribution < 1.29 is 9.59 Å². The number of amides is 2. The Morgan fingerprint density at radius 3 is 2.77 bits per heavy atom. The van der Waals surface area contributed by atoms with Crippen molar-refractivity contribution in [2.24, 2.45) is 11.1 Å². The zero-order valence-electron chi connectivity index (χ0n) is 15.4. The van der Waals surface area contributed by atoms with Crippen molar-refractivity contribution in [1.82, 2.24) is 19.8 Å². The van der Waals surface area contributed by atoms with E-state index in [1.165, 1.54) is 0 Å². The standard InChI is InChI=1S/C19H25N5O2/c1-11-9-24-12(8-19(2,3)15(20)17(24)25)10-23(11)18(26)16-21-13-6-4-5-7-14(13)22-16/h4-7,11-12,15H,8-10,20H2,1-3H3,(H,21,22). The number of fused-ring (bicyclic) bond motifs is 2. The molecule has 0 bridgehead atoms. The number of nitrogens with one attached hydrogen (secondary N) is 1. The number of aromatic amines is 1. The van der Waals surface area contributed by atoms with Crippen molar-refractivity contribution >= 4 is 22.8 Å². The summed E-state index contributed by atoms with van der Waals surface area (Å²) in [7, 11) is 0. The van der Waals surface area contributed by atoms with E-state index in [0.717, 1.165) is 17.5 Å². The number of piperazine rings is 1. The van der Waals surface area contributed by atoms with Crippen LogP contribution in [0.15, 0.2) is 24.3 Å². The number of hydrogen-bond acceptors (Lipinski definition) is 4. The normalized spacial score (nSPS) is 28.3. The van der Waals surface area contributed by atoms with E-state index < -0.39 is 6.04 Å². The van der Waals surface area contributed by atoms with Crippen molar-refractivity contribution in [3.63, 3.8) is 0 Å². The average Bonchev–Trinajstić information content (AvgIpc) is 3.04. The summed E-state index contributed by atoms with van der Waals surface area (Å²) in [5, 5.41) is 0. The van der Waals surface area contributed by atoms with Crippen molar-refractivity contribution in [1.29, 1.82) is 0 Å². The van der Waals surface area contributed by atoms with E-state index in [4.69, 9.17) is 5.73 Å². The smallest absolute Gasteiger partial charge is 0.290 e. The quantitative estimate of drug-likeness (QED) is 0.807. The van der Waals surface area contributed by atoms with Crippen LogP contribution in [-0.2, 0) is 4.79 Å².